The molecule has 3 N–H and O–H groups in total. The monoisotopic (exact) mass is 485 g/mol. The molecule has 7 nitrogen and oxygen atoms in total. The molecule has 3 aromatic rings. The minimum absolute atomic E-state index is 0.170. The number of piperidine rings is 1. The molecule has 0 aliphatic carbocycles. The molecule has 1 aromatic carbocycles. The number of hydrogen-bond acceptors (Lipinski definition) is 6. The Kier molecular flexibility index (Phi) is 9.19. The van der Waals surface area contributed by atoms with Crippen LogP contribution in [0.3, 0.4) is 0 Å². The predicted octanol–water partition coefficient (Wildman–Crippen LogP) is 5.11. The number of aromatic nitrogens is 2. The van der Waals surface area contributed by atoms with Crippen molar-refractivity contribution in [2.24, 2.45) is 0 Å². The fourth-order valence-corrected chi connectivity index (χ4v) is 4.77. The van der Waals surface area contributed by atoms with Crippen molar-refractivity contribution in [2.45, 2.75) is 53.1 Å². The SMILES string of the molecule is CC.CCN(c1cc(Cl)cc2c(NCc3c(OC)cc(C)[nH]c3=O)nccc12)C1CCNCC1. The molecular formula is C26H36ClN5O2. The molecule has 0 spiro atoms. The first-order chi connectivity index (χ1) is 16.5. The fourth-order valence-electron chi connectivity index (χ4n) is 4.56. The van der Waals surface area contributed by atoms with Gasteiger partial charge < -0.3 is 25.3 Å². The maximum atomic E-state index is 12.5. The number of fused-ring (bicyclic) bond motifs is 1. The number of aromatic amines is 1. The first-order valence-corrected chi connectivity index (χ1v) is 12.5. The molecule has 1 fully saturated rings. The number of aryl methyl sites for hydroxylation is 1. The molecule has 4 rings (SSSR count). The zero-order chi connectivity index (χ0) is 24.7. The molecule has 0 radical (unpaired) electrons. The van der Waals surface area contributed by atoms with E-state index < -0.39 is 0 Å². The van der Waals surface area contributed by atoms with Crippen molar-refractivity contribution >= 4 is 33.9 Å². The van der Waals surface area contributed by atoms with Gasteiger partial charge in [-0.05, 0) is 64.0 Å². The highest BCUT2D eigenvalue weighted by Gasteiger charge is 2.22. The lowest BCUT2D eigenvalue weighted by Gasteiger charge is -2.36. The number of benzene rings is 1. The second kappa shape index (κ2) is 12.1. The van der Waals surface area contributed by atoms with E-state index in [-0.39, 0.29) is 5.56 Å². The van der Waals surface area contributed by atoms with Crippen LogP contribution in [0.15, 0.2) is 35.3 Å². The van der Waals surface area contributed by atoms with Crippen molar-refractivity contribution in [3.63, 3.8) is 0 Å². The summed E-state index contributed by atoms with van der Waals surface area (Å²) in [5, 5.41) is 9.47. The van der Waals surface area contributed by atoms with Crippen LogP contribution in [0, 0.1) is 6.92 Å². The third kappa shape index (κ3) is 5.65. The Balaban J connectivity index is 0.00000158. The number of nitrogens with one attached hydrogen (secondary N) is 3. The van der Waals surface area contributed by atoms with E-state index >= 15 is 0 Å². The zero-order valence-electron chi connectivity index (χ0n) is 20.8. The first kappa shape index (κ1) is 25.8. The van der Waals surface area contributed by atoms with Gasteiger partial charge in [-0.3, -0.25) is 4.79 Å². The van der Waals surface area contributed by atoms with Crippen molar-refractivity contribution in [3.8, 4) is 5.75 Å². The topological polar surface area (TPSA) is 82.3 Å². The Bertz CT molecular complexity index is 1160. The van der Waals surface area contributed by atoms with Gasteiger partial charge in [0.25, 0.3) is 5.56 Å². The highest BCUT2D eigenvalue weighted by atomic mass is 35.5. The van der Waals surface area contributed by atoms with E-state index in [1.165, 1.54) is 0 Å². The van der Waals surface area contributed by atoms with Gasteiger partial charge in [-0.15, -0.1) is 0 Å². The summed E-state index contributed by atoms with van der Waals surface area (Å²) < 4.78 is 5.42. The summed E-state index contributed by atoms with van der Waals surface area (Å²) in [6.45, 7) is 11.3. The molecule has 0 saturated carbocycles. The highest BCUT2D eigenvalue weighted by Crippen LogP contribution is 2.36. The number of ether oxygens (including phenoxy) is 1. The Labute approximate surface area is 206 Å². The third-order valence-corrected chi connectivity index (χ3v) is 6.32. The Morgan fingerprint density at radius 3 is 2.62 bits per heavy atom. The average molecular weight is 486 g/mol. The summed E-state index contributed by atoms with van der Waals surface area (Å²) >= 11 is 6.57. The normalized spacial score (nSPS) is 13.8. The van der Waals surface area contributed by atoms with Crippen molar-refractivity contribution in [1.82, 2.24) is 15.3 Å². The number of pyridine rings is 2. The third-order valence-electron chi connectivity index (χ3n) is 6.10. The minimum atomic E-state index is -0.170. The molecule has 3 heterocycles. The van der Waals surface area contributed by atoms with Crippen LogP contribution in [0.1, 0.15) is 44.9 Å². The summed E-state index contributed by atoms with van der Waals surface area (Å²) in [6, 6.07) is 8.31. The number of nitrogens with zero attached hydrogens (tertiary/aromatic N) is 2. The van der Waals surface area contributed by atoms with Gasteiger partial charge in [0.2, 0.25) is 0 Å². The molecule has 34 heavy (non-hydrogen) atoms. The van der Waals surface area contributed by atoms with E-state index in [0.717, 1.165) is 54.6 Å². The van der Waals surface area contributed by atoms with Gasteiger partial charge >= 0.3 is 0 Å². The first-order valence-electron chi connectivity index (χ1n) is 12.1. The second-order valence-electron chi connectivity index (χ2n) is 8.13. The summed E-state index contributed by atoms with van der Waals surface area (Å²) in [4.78, 5) is 22.3. The smallest absolute Gasteiger partial charge is 0.256 e. The van der Waals surface area contributed by atoms with Crippen LogP contribution in [-0.4, -0.2) is 42.8 Å². The zero-order valence-corrected chi connectivity index (χ0v) is 21.6. The van der Waals surface area contributed by atoms with Gasteiger partial charge in [0, 0.05) is 46.0 Å². The van der Waals surface area contributed by atoms with E-state index in [4.69, 9.17) is 16.3 Å². The summed E-state index contributed by atoms with van der Waals surface area (Å²) in [6.07, 6.45) is 4.01. The van der Waals surface area contributed by atoms with Crippen LogP contribution in [0.25, 0.3) is 10.8 Å². The number of H-pyrrole nitrogens is 1. The molecule has 184 valence electrons. The molecule has 1 aliphatic rings. The van der Waals surface area contributed by atoms with Crippen LogP contribution < -0.4 is 25.8 Å². The van der Waals surface area contributed by atoms with Crippen LogP contribution >= 0.6 is 11.6 Å². The van der Waals surface area contributed by atoms with E-state index in [9.17, 15) is 4.79 Å². The summed E-state index contributed by atoms with van der Waals surface area (Å²) in [7, 11) is 1.57. The van der Waals surface area contributed by atoms with E-state index in [0.29, 0.717) is 34.7 Å². The maximum absolute atomic E-state index is 12.5. The largest absolute Gasteiger partial charge is 0.496 e. The summed E-state index contributed by atoms with van der Waals surface area (Å²) in [5.74, 6) is 1.25. The van der Waals surface area contributed by atoms with Gasteiger partial charge in [-0.2, -0.15) is 0 Å². The van der Waals surface area contributed by atoms with Gasteiger partial charge in [-0.25, -0.2) is 4.98 Å². The second-order valence-corrected chi connectivity index (χ2v) is 8.57. The molecule has 1 aliphatic heterocycles. The standard InChI is InChI=1S/C24H30ClN5O2.C2H6/c1-4-30(17-5-8-26-9-6-17)21-13-16(25)12-19-18(21)7-10-27-23(19)28-14-20-22(32-3)11-15(2)29-24(20)31;1-2/h7,10-13,17,26H,4-6,8-9,14H2,1-3H3,(H,27,28)(H,29,31);1-2H3. The van der Waals surface area contributed by atoms with Crippen molar-refractivity contribution in [1.29, 1.82) is 0 Å². The highest BCUT2D eigenvalue weighted by molar-refractivity contribution is 6.32. The molecule has 1 saturated heterocycles. The van der Waals surface area contributed by atoms with Crippen LogP contribution in [0.2, 0.25) is 5.02 Å². The van der Waals surface area contributed by atoms with E-state index in [2.05, 4.69) is 32.4 Å². The number of rotatable bonds is 7. The number of methoxy groups -OCH3 is 1. The van der Waals surface area contributed by atoms with E-state index in [1.54, 1.807) is 13.3 Å². The van der Waals surface area contributed by atoms with Gasteiger partial charge in [0.1, 0.15) is 11.6 Å². The molecule has 0 unspecified atom stereocenters. The van der Waals surface area contributed by atoms with E-state index in [1.807, 2.05) is 45.0 Å². The average Bonchev–Trinajstić information content (AvgIpc) is 2.85. The molecule has 2 aromatic heterocycles. The fraction of sp³-hybridized carbons (Fsp3) is 0.462. The Morgan fingerprint density at radius 2 is 1.94 bits per heavy atom. The molecule has 0 atom stereocenters. The quantitative estimate of drug-likeness (QED) is 0.431. The van der Waals surface area contributed by atoms with Crippen molar-refractivity contribution in [3.05, 3.63) is 57.1 Å². The molecular weight excluding hydrogens is 450 g/mol. The number of hydrogen-bond donors (Lipinski definition) is 3. The van der Waals surface area contributed by atoms with Crippen molar-refractivity contribution < 1.29 is 4.74 Å². The number of halogens is 1. The van der Waals surface area contributed by atoms with Crippen LogP contribution in [0.5, 0.6) is 5.75 Å². The Morgan fingerprint density at radius 1 is 1.21 bits per heavy atom. The molecule has 8 heteroatoms. The van der Waals surface area contributed by atoms with Gasteiger partial charge in [0.05, 0.1) is 19.2 Å². The van der Waals surface area contributed by atoms with Crippen LogP contribution in [-0.2, 0) is 6.54 Å². The lowest BCUT2D eigenvalue weighted by molar-refractivity contribution is 0.408. The predicted molar refractivity (Wildman–Crippen MR) is 143 cm³/mol. The number of anilines is 2. The maximum Gasteiger partial charge on any atom is 0.256 e. The van der Waals surface area contributed by atoms with Gasteiger partial charge in [-0.1, -0.05) is 25.4 Å². The van der Waals surface area contributed by atoms with Gasteiger partial charge in [0.15, 0.2) is 0 Å². The Hall–Kier alpha value is -2.77. The summed E-state index contributed by atoms with van der Waals surface area (Å²) in [5.41, 5.74) is 2.24. The van der Waals surface area contributed by atoms with Crippen molar-refractivity contribution in [2.75, 3.05) is 37.0 Å². The molecule has 0 amide bonds. The lowest BCUT2D eigenvalue weighted by Crippen LogP contribution is -2.43. The molecule has 0 bridgehead atoms. The minimum Gasteiger partial charge on any atom is -0.496 e. The van der Waals surface area contributed by atoms with Crippen LogP contribution in [0.4, 0.5) is 11.5 Å². The lowest BCUT2D eigenvalue weighted by atomic mass is 10.0.